The van der Waals surface area contributed by atoms with Gasteiger partial charge in [0.2, 0.25) is 5.91 Å². The zero-order chi connectivity index (χ0) is 19.7. The minimum atomic E-state index is -0.393. The molecule has 28 heavy (non-hydrogen) atoms. The van der Waals surface area contributed by atoms with Crippen molar-refractivity contribution in [3.05, 3.63) is 47.5 Å². The standard InChI is InChI=1S/C21H21ClN4O2/c1-2-3-19(27)18-8-16(22)15(11-24-18)17-6-13-10-25-20(7-14(13)9-23-17)26-21(28)12-4-5-12/h6-12,18,24H,2-5H2,1H3,(H,25,26,28). The fourth-order valence-corrected chi connectivity index (χ4v) is 3.41. The lowest BCUT2D eigenvalue weighted by Gasteiger charge is -2.20. The smallest absolute Gasteiger partial charge is 0.228 e. The lowest BCUT2D eigenvalue weighted by atomic mass is 10.0. The topological polar surface area (TPSA) is 84.0 Å². The summed E-state index contributed by atoms with van der Waals surface area (Å²) in [4.78, 5) is 32.8. The first-order valence-corrected chi connectivity index (χ1v) is 9.86. The molecule has 1 unspecified atom stereocenters. The van der Waals surface area contributed by atoms with Crippen LogP contribution >= 0.6 is 11.6 Å². The average molecular weight is 397 g/mol. The second-order valence-electron chi connectivity index (χ2n) is 7.18. The molecule has 1 fully saturated rings. The van der Waals surface area contributed by atoms with Crippen LogP contribution in [0.1, 0.15) is 38.3 Å². The number of fused-ring (bicyclic) bond motifs is 1. The highest BCUT2D eigenvalue weighted by Gasteiger charge is 2.29. The highest BCUT2D eigenvalue weighted by Crippen LogP contribution is 2.31. The van der Waals surface area contributed by atoms with Gasteiger partial charge >= 0.3 is 0 Å². The molecule has 3 heterocycles. The number of anilines is 1. The Kier molecular flexibility index (Phi) is 5.13. The normalized spacial score (nSPS) is 18.9. The third-order valence-electron chi connectivity index (χ3n) is 4.90. The van der Waals surface area contributed by atoms with Gasteiger partial charge in [-0.2, -0.15) is 0 Å². The zero-order valence-corrected chi connectivity index (χ0v) is 16.3. The third kappa shape index (κ3) is 3.92. The summed E-state index contributed by atoms with van der Waals surface area (Å²) < 4.78 is 0. The summed E-state index contributed by atoms with van der Waals surface area (Å²) in [7, 11) is 0. The Balaban J connectivity index is 1.54. The fourth-order valence-electron chi connectivity index (χ4n) is 3.14. The second kappa shape index (κ2) is 7.72. The number of rotatable bonds is 6. The molecule has 6 nitrogen and oxygen atoms in total. The lowest BCUT2D eigenvalue weighted by Crippen LogP contribution is -2.33. The van der Waals surface area contributed by atoms with E-state index in [9.17, 15) is 9.59 Å². The molecule has 7 heteroatoms. The van der Waals surface area contributed by atoms with Crippen molar-refractivity contribution >= 4 is 45.5 Å². The maximum atomic E-state index is 12.1. The highest BCUT2D eigenvalue weighted by molar-refractivity contribution is 6.37. The van der Waals surface area contributed by atoms with Gasteiger partial charge in [0, 0.05) is 52.3 Å². The molecule has 0 aromatic carbocycles. The molecule has 2 aromatic heterocycles. The monoisotopic (exact) mass is 396 g/mol. The predicted molar refractivity (Wildman–Crippen MR) is 110 cm³/mol. The molecule has 4 rings (SSSR count). The van der Waals surface area contributed by atoms with E-state index in [0.717, 1.165) is 35.6 Å². The van der Waals surface area contributed by atoms with E-state index in [1.807, 2.05) is 19.1 Å². The van der Waals surface area contributed by atoms with Gasteiger partial charge in [-0.15, -0.1) is 0 Å². The van der Waals surface area contributed by atoms with Crippen LogP contribution in [0.15, 0.2) is 41.8 Å². The van der Waals surface area contributed by atoms with Gasteiger partial charge < -0.3 is 10.6 Å². The fraction of sp³-hybridized carbons (Fsp3) is 0.333. The summed E-state index contributed by atoms with van der Waals surface area (Å²) in [6.45, 7) is 1.98. The van der Waals surface area contributed by atoms with Crippen molar-refractivity contribution < 1.29 is 9.59 Å². The summed E-state index contributed by atoms with van der Waals surface area (Å²) in [6.07, 6.45) is 10.1. The van der Waals surface area contributed by atoms with Gasteiger partial charge in [0.1, 0.15) is 11.9 Å². The van der Waals surface area contributed by atoms with Crippen molar-refractivity contribution in [2.45, 2.75) is 38.6 Å². The summed E-state index contributed by atoms with van der Waals surface area (Å²) in [5.74, 6) is 0.810. The molecule has 2 aromatic rings. The molecule has 1 atom stereocenters. The van der Waals surface area contributed by atoms with Gasteiger partial charge in [0.15, 0.2) is 5.78 Å². The van der Waals surface area contributed by atoms with E-state index < -0.39 is 6.04 Å². The molecule has 1 amide bonds. The number of dihydropyridines is 1. The Morgan fingerprint density at radius 3 is 2.68 bits per heavy atom. The van der Waals surface area contributed by atoms with Crippen molar-refractivity contribution in [2.75, 3.05) is 5.32 Å². The number of aromatic nitrogens is 2. The Hall–Kier alpha value is -2.73. The third-order valence-corrected chi connectivity index (χ3v) is 5.23. The molecular formula is C21H21ClN4O2. The van der Waals surface area contributed by atoms with E-state index in [1.165, 1.54) is 0 Å². The number of nitrogens with zero attached hydrogens (tertiary/aromatic N) is 2. The zero-order valence-electron chi connectivity index (χ0n) is 15.5. The van der Waals surface area contributed by atoms with Crippen LogP contribution in [-0.2, 0) is 9.59 Å². The summed E-state index contributed by atoms with van der Waals surface area (Å²) >= 11 is 6.42. The van der Waals surface area contributed by atoms with E-state index >= 15 is 0 Å². The predicted octanol–water partition coefficient (Wildman–Crippen LogP) is 3.78. The number of halogens is 1. The molecule has 1 saturated carbocycles. The Morgan fingerprint density at radius 2 is 1.96 bits per heavy atom. The number of hydrogen-bond donors (Lipinski definition) is 2. The highest BCUT2D eigenvalue weighted by atomic mass is 35.5. The number of carbonyl (C=O) groups is 2. The molecule has 0 spiro atoms. The van der Waals surface area contributed by atoms with Crippen molar-refractivity contribution in [1.29, 1.82) is 0 Å². The van der Waals surface area contributed by atoms with Crippen LogP contribution < -0.4 is 10.6 Å². The van der Waals surface area contributed by atoms with Gasteiger partial charge in [-0.3, -0.25) is 14.6 Å². The second-order valence-corrected chi connectivity index (χ2v) is 7.59. The molecular weight excluding hydrogens is 376 g/mol. The van der Waals surface area contributed by atoms with Crippen LogP contribution in [0.2, 0.25) is 0 Å². The van der Waals surface area contributed by atoms with Gasteiger partial charge in [-0.1, -0.05) is 18.5 Å². The number of amides is 1. The molecule has 0 bridgehead atoms. The summed E-state index contributed by atoms with van der Waals surface area (Å²) in [5, 5.41) is 8.22. The van der Waals surface area contributed by atoms with Crippen LogP contribution in [0.25, 0.3) is 16.3 Å². The average Bonchev–Trinajstić information content (AvgIpc) is 3.53. The van der Waals surface area contributed by atoms with E-state index in [-0.39, 0.29) is 17.6 Å². The van der Waals surface area contributed by atoms with E-state index in [4.69, 9.17) is 11.6 Å². The SMILES string of the molecule is CCCC(=O)C1C=C(Cl)C(c2cc3cnc(NC(=O)C4CC4)cc3cn2)=CN1. The van der Waals surface area contributed by atoms with E-state index in [1.54, 1.807) is 24.7 Å². The van der Waals surface area contributed by atoms with Crippen molar-refractivity contribution in [2.24, 2.45) is 5.92 Å². The quantitative estimate of drug-likeness (QED) is 0.776. The maximum Gasteiger partial charge on any atom is 0.228 e. The van der Waals surface area contributed by atoms with Gasteiger partial charge in [-0.25, -0.2) is 4.98 Å². The van der Waals surface area contributed by atoms with Crippen LogP contribution in [0.4, 0.5) is 5.82 Å². The van der Waals surface area contributed by atoms with Crippen LogP contribution in [0, 0.1) is 5.92 Å². The minimum absolute atomic E-state index is 0.0268. The van der Waals surface area contributed by atoms with Crippen molar-refractivity contribution in [1.82, 2.24) is 15.3 Å². The van der Waals surface area contributed by atoms with Gasteiger partial charge in [-0.05, 0) is 37.5 Å². The number of hydrogen-bond acceptors (Lipinski definition) is 5. The largest absolute Gasteiger partial charge is 0.377 e. The minimum Gasteiger partial charge on any atom is -0.377 e. The molecule has 0 radical (unpaired) electrons. The molecule has 2 N–H and O–H groups in total. The van der Waals surface area contributed by atoms with Crippen LogP contribution in [0.5, 0.6) is 0 Å². The number of pyridine rings is 2. The van der Waals surface area contributed by atoms with E-state index in [2.05, 4.69) is 20.6 Å². The molecule has 2 aliphatic rings. The molecule has 1 aliphatic carbocycles. The van der Waals surface area contributed by atoms with Crippen LogP contribution in [0.3, 0.4) is 0 Å². The number of Topliss-reactive ketones (excluding diaryl/α,β-unsaturated/α-hetero) is 1. The Bertz CT molecular complexity index is 1010. The van der Waals surface area contributed by atoms with Crippen LogP contribution in [-0.4, -0.2) is 27.7 Å². The molecule has 144 valence electrons. The maximum absolute atomic E-state index is 12.1. The van der Waals surface area contributed by atoms with Gasteiger partial charge in [0.25, 0.3) is 0 Å². The number of allylic oxidation sites excluding steroid dienone is 2. The Morgan fingerprint density at radius 1 is 1.21 bits per heavy atom. The molecule has 0 saturated heterocycles. The van der Waals surface area contributed by atoms with E-state index in [0.29, 0.717) is 23.0 Å². The summed E-state index contributed by atoms with van der Waals surface area (Å²) in [5.41, 5.74) is 1.43. The number of ketones is 1. The van der Waals surface area contributed by atoms with Crippen molar-refractivity contribution in [3.8, 4) is 0 Å². The van der Waals surface area contributed by atoms with Crippen molar-refractivity contribution in [3.63, 3.8) is 0 Å². The van der Waals surface area contributed by atoms with Gasteiger partial charge in [0.05, 0.1) is 5.69 Å². The molecule has 1 aliphatic heterocycles. The first kappa shape index (κ1) is 18.6. The lowest BCUT2D eigenvalue weighted by molar-refractivity contribution is -0.120. The first-order valence-electron chi connectivity index (χ1n) is 9.49. The number of carbonyl (C=O) groups excluding carboxylic acids is 2. The first-order chi connectivity index (χ1) is 13.5. The Labute approximate surface area is 168 Å². The number of nitrogens with one attached hydrogen (secondary N) is 2. The summed E-state index contributed by atoms with van der Waals surface area (Å²) in [6, 6.07) is 3.32.